The number of rotatable bonds is 3. The SMILES string of the molecule is CC(C)N1C[C@H](F)[C@@H](CN(C)C)[C@H]1C. The number of nitrogens with zero attached hydrogens (tertiary/aromatic N) is 2. The Hall–Kier alpha value is -0.150. The zero-order valence-electron chi connectivity index (χ0n) is 10.00. The van der Waals surface area contributed by atoms with E-state index in [1.165, 1.54) is 0 Å². The highest BCUT2D eigenvalue weighted by atomic mass is 19.1. The molecule has 1 aliphatic heterocycles. The first-order valence-corrected chi connectivity index (χ1v) is 5.48. The summed E-state index contributed by atoms with van der Waals surface area (Å²) >= 11 is 0. The maximum atomic E-state index is 13.7. The van der Waals surface area contributed by atoms with Crippen molar-refractivity contribution in [1.82, 2.24) is 9.80 Å². The Kier molecular flexibility index (Phi) is 3.90. The van der Waals surface area contributed by atoms with Gasteiger partial charge in [0.05, 0.1) is 0 Å². The fraction of sp³-hybridized carbons (Fsp3) is 1.00. The second-order valence-corrected chi connectivity index (χ2v) is 4.97. The van der Waals surface area contributed by atoms with Crippen molar-refractivity contribution >= 4 is 0 Å². The van der Waals surface area contributed by atoms with Gasteiger partial charge in [-0.15, -0.1) is 0 Å². The average Bonchev–Trinajstić information content (AvgIpc) is 2.31. The van der Waals surface area contributed by atoms with Gasteiger partial charge in [-0.25, -0.2) is 4.39 Å². The molecule has 1 heterocycles. The Labute approximate surface area is 87.1 Å². The third kappa shape index (κ3) is 2.45. The van der Waals surface area contributed by atoms with E-state index in [1.54, 1.807) is 0 Å². The number of alkyl halides is 1. The topological polar surface area (TPSA) is 6.48 Å². The lowest BCUT2D eigenvalue weighted by Gasteiger charge is -2.28. The van der Waals surface area contributed by atoms with Crippen LogP contribution in [-0.4, -0.2) is 55.2 Å². The molecule has 0 aromatic heterocycles. The fourth-order valence-electron chi connectivity index (χ4n) is 2.42. The van der Waals surface area contributed by atoms with E-state index in [4.69, 9.17) is 0 Å². The van der Waals surface area contributed by atoms with Gasteiger partial charge >= 0.3 is 0 Å². The largest absolute Gasteiger partial charge is 0.309 e. The van der Waals surface area contributed by atoms with Crippen LogP contribution in [0.5, 0.6) is 0 Å². The Morgan fingerprint density at radius 1 is 1.43 bits per heavy atom. The van der Waals surface area contributed by atoms with E-state index in [2.05, 4.69) is 30.6 Å². The molecule has 0 spiro atoms. The van der Waals surface area contributed by atoms with Gasteiger partial charge in [0, 0.05) is 31.1 Å². The molecule has 0 N–H and O–H groups in total. The quantitative estimate of drug-likeness (QED) is 0.686. The Morgan fingerprint density at radius 2 is 2.00 bits per heavy atom. The zero-order valence-corrected chi connectivity index (χ0v) is 10.00. The highest BCUT2D eigenvalue weighted by molar-refractivity contribution is 4.93. The third-order valence-electron chi connectivity index (χ3n) is 3.23. The lowest BCUT2D eigenvalue weighted by Crippen LogP contribution is -2.38. The van der Waals surface area contributed by atoms with Gasteiger partial charge in [-0.3, -0.25) is 4.90 Å². The molecule has 0 aromatic carbocycles. The minimum absolute atomic E-state index is 0.174. The van der Waals surface area contributed by atoms with Gasteiger partial charge in [0.15, 0.2) is 0 Å². The zero-order chi connectivity index (χ0) is 10.9. The van der Waals surface area contributed by atoms with Crippen molar-refractivity contribution in [2.24, 2.45) is 5.92 Å². The van der Waals surface area contributed by atoms with Crippen LogP contribution in [0.1, 0.15) is 20.8 Å². The summed E-state index contributed by atoms with van der Waals surface area (Å²) in [6.07, 6.45) is -0.658. The Bertz CT molecular complexity index is 182. The molecule has 0 unspecified atom stereocenters. The summed E-state index contributed by atoms with van der Waals surface area (Å²) in [5.41, 5.74) is 0. The van der Waals surface area contributed by atoms with Gasteiger partial charge in [0.2, 0.25) is 0 Å². The summed E-state index contributed by atoms with van der Waals surface area (Å²) in [6, 6.07) is 0.822. The van der Waals surface area contributed by atoms with E-state index >= 15 is 0 Å². The summed E-state index contributed by atoms with van der Waals surface area (Å²) in [4.78, 5) is 4.34. The van der Waals surface area contributed by atoms with Crippen LogP contribution in [0.2, 0.25) is 0 Å². The summed E-state index contributed by atoms with van der Waals surface area (Å²) in [7, 11) is 4.02. The number of hydrogen-bond donors (Lipinski definition) is 0. The number of hydrogen-bond acceptors (Lipinski definition) is 2. The van der Waals surface area contributed by atoms with Crippen LogP contribution in [0.15, 0.2) is 0 Å². The van der Waals surface area contributed by atoms with Gasteiger partial charge in [0.1, 0.15) is 6.17 Å². The van der Waals surface area contributed by atoms with Gasteiger partial charge in [-0.05, 0) is 34.9 Å². The maximum absolute atomic E-state index is 13.7. The van der Waals surface area contributed by atoms with E-state index in [1.807, 2.05) is 14.1 Å². The molecule has 0 aromatic rings. The first-order chi connectivity index (χ1) is 6.43. The molecule has 1 saturated heterocycles. The van der Waals surface area contributed by atoms with Crippen LogP contribution < -0.4 is 0 Å². The van der Waals surface area contributed by atoms with Crippen molar-refractivity contribution in [2.45, 2.75) is 39.0 Å². The predicted octanol–water partition coefficient (Wildman–Crippen LogP) is 1.61. The first kappa shape index (κ1) is 11.9. The molecule has 14 heavy (non-hydrogen) atoms. The van der Waals surface area contributed by atoms with E-state index in [0.717, 1.165) is 6.54 Å². The van der Waals surface area contributed by atoms with Gasteiger partial charge in [-0.1, -0.05) is 0 Å². The van der Waals surface area contributed by atoms with Crippen molar-refractivity contribution in [3.8, 4) is 0 Å². The molecule has 0 amide bonds. The number of likely N-dealkylation sites (tertiary alicyclic amines) is 1. The van der Waals surface area contributed by atoms with Gasteiger partial charge in [-0.2, -0.15) is 0 Å². The Morgan fingerprint density at radius 3 is 2.36 bits per heavy atom. The van der Waals surface area contributed by atoms with Crippen LogP contribution in [0, 0.1) is 5.92 Å². The van der Waals surface area contributed by atoms with Crippen molar-refractivity contribution in [3.63, 3.8) is 0 Å². The molecule has 84 valence electrons. The van der Waals surface area contributed by atoms with Crippen LogP contribution in [0.25, 0.3) is 0 Å². The minimum Gasteiger partial charge on any atom is -0.309 e. The van der Waals surface area contributed by atoms with Gasteiger partial charge < -0.3 is 4.90 Å². The second-order valence-electron chi connectivity index (χ2n) is 4.97. The van der Waals surface area contributed by atoms with Crippen LogP contribution in [-0.2, 0) is 0 Å². The summed E-state index contributed by atoms with van der Waals surface area (Å²) < 4.78 is 13.7. The molecular formula is C11H23FN2. The maximum Gasteiger partial charge on any atom is 0.118 e. The van der Waals surface area contributed by atoms with Gasteiger partial charge in [0.25, 0.3) is 0 Å². The first-order valence-electron chi connectivity index (χ1n) is 5.48. The smallest absolute Gasteiger partial charge is 0.118 e. The standard InChI is InChI=1S/C11H23FN2/c1-8(2)14-7-11(12)10(9(14)3)6-13(4)5/h8-11H,6-7H2,1-5H3/t9-,10+,11+/m1/s1. The van der Waals surface area contributed by atoms with Crippen LogP contribution in [0.4, 0.5) is 4.39 Å². The molecule has 0 radical (unpaired) electrons. The van der Waals surface area contributed by atoms with E-state index in [0.29, 0.717) is 18.6 Å². The molecule has 0 saturated carbocycles. The second kappa shape index (κ2) is 4.58. The summed E-state index contributed by atoms with van der Waals surface area (Å²) in [5.74, 6) is 0.174. The Balaban J connectivity index is 2.60. The normalized spacial score (nSPS) is 34.7. The lowest BCUT2D eigenvalue weighted by molar-refractivity contribution is 0.178. The van der Waals surface area contributed by atoms with Crippen molar-refractivity contribution in [3.05, 3.63) is 0 Å². The molecule has 1 aliphatic rings. The fourth-order valence-corrected chi connectivity index (χ4v) is 2.42. The molecule has 1 fully saturated rings. The molecule has 0 bridgehead atoms. The molecule has 2 nitrogen and oxygen atoms in total. The monoisotopic (exact) mass is 202 g/mol. The third-order valence-corrected chi connectivity index (χ3v) is 3.23. The number of halogens is 1. The van der Waals surface area contributed by atoms with Crippen LogP contribution in [0.3, 0.4) is 0 Å². The highest BCUT2D eigenvalue weighted by Gasteiger charge is 2.40. The minimum atomic E-state index is -0.658. The molecule has 3 heteroatoms. The average molecular weight is 202 g/mol. The van der Waals surface area contributed by atoms with Crippen molar-refractivity contribution < 1.29 is 4.39 Å². The van der Waals surface area contributed by atoms with Crippen molar-refractivity contribution in [1.29, 1.82) is 0 Å². The lowest BCUT2D eigenvalue weighted by atomic mass is 10.00. The summed E-state index contributed by atoms with van der Waals surface area (Å²) in [5, 5.41) is 0. The van der Waals surface area contributed by atoms with E-state index < -0.39 is 6.17 Å². The summed E-state index contributed by atoms with van der Waals surface area (Å²) in [6.45, 7) is 7.89. The molecule has 0 aliphatic carbocycles. The van der Waals surface area contributed by atoms with E-state index in [9.17, 15) is 4.39 Å². The van der Waals surface area contributed by atoms with E-state index in [-0.39, 0.29) is 5.92 Å². The van der Waals surface area contributed by atoms with Crippen molar-refractivity contribution in [2.75, 3.05) is 27.2 Å². The highest BCUT2D eigenvalue weighted by Crippen LogP contribution is 2.28. The molecular weight excluding hydrogens is 179 g/mol. The predicted molar refractivity (Wildman–Crippen MR) is 58.2 cm³/mol. The van der Waals surface area contributed by atoms with Crippen LogP contribution >= 0.6 is 0 Å². The molecule has 1 rings (SSSR count). The molecule has 3 atom stereocenters.